The molecule has 0 bridgehead atoms. The third-order valence-electron chi connectivity index (χ3n) is 6.34. The third kappa shape index (κ3) is 7.12. The van der Waals surface area contributed by atoms with Crippen LogP contribution in [0.2, 0.25) is 0 Å². The molecule has 1 N–H and O–H groups in total. The summed E-state index contributed by atoms with van der Waals surface area (Å²) >= 11 is 0. The minimum absolute atomic E-state index is 0. The van der Waals surface area contributed by atoms with E-state index in [0.29, 0.717) is 13.0 Å². The molecule has 4 rings (SSSR count). The molecule has 0 aliphatic carbocycles. The van der Waals surface area contributed by atoms with E-state index in [9.17, 15) is 9.50 Å². The predicted molar refractivity (Wildman–Crippen MR) is 134 cm³/mol. The summed E-state index contributed by atoms with van der Waals surface area (Å²) in [6.45, 7) is 5.47. The smallest absolute Gasteiger partial charge is 0.123 e. The molecule has 5 heteroatoms. The van der Waals surface area contributed by atoms with Crippen LogP contribution in [-0.4, -0.2) is 41.9 Å². The molecule has 1 aliphatic heterocycles. The fourth-order valence-corrected chi connectivity index (χ4v) is 4.54. The van der Waals surface area contributed by atoms with Crippen LogP contribution < -0.4 is 0 Å². The number of aliphatic hydroxyl groups excluding tert-OH is 1. The van der Waals surface area contributed by atoms with Crippen LogP contribution in [0.25, 0.3) is 11.1 Å². The first-order valence-corrected chi connectivity index (χ1v) is 11.5. The van der Waals surface area contributed by atoms with Crippen molar-refractivity contribution in [1.82, 2.24) is 4.90 Å². The standard InChI is InChI=1S/C28H32FNO2.ClH/c1-21(16-26-20-30(14-15-32-26)19-22-8-4-2-5-9-22)28(31)18-24-17-25(29)12-13-27(24)23-10-6-3-7-11-23;/h2-13,17,21,26,28,31H,14-16,18-20H2,1H3;1H. The lowest BCUT2D eigenvalue weighted by atomic mass is 9.89. The van der Waals surface area contributed by atoms with Crippen molar-refractivity contribution < 1.29 is 14.2 Å². The first kappa shape index (κ1) is 25.4. The maximum Gasteiger partial charge on any atom is 0.123 e. The normalized spacial score (nSPS) is 18.3. The van der Waals surface area contributed by atoms with Crippen LogP contribution >= 0.6 is 12.4 Å². The van der Waals surface area contributed by atoms with Crippen LogP contribution in [0.15, 0.2) is 78.9 Å². The molecule has 1 fully saturated rings. The van der Waals surface area contributed by atoms with E-state index in [2.05, 4.69) is 36.1 Å². The summed E-state index contributed by atoms with van der Waals surface area (Å²) in [4.78, 5) is 2.42. The van der Waals surface area contributed by atoms with E-state index in [1.54, 1.807) is 6.07 Å². The fourth-order valence-electron chi connectivity index (χ4n) is 4.54. The van der Waals surface area contributed by atoms with Crippen LogP contribution in [0, 0.1) is 11.7 Å². The average molecular weight is 470 g/mol. The fraction of sp³-hybridized carbons (Fsp3) is 0.357. The summed E-state index contributed by atoms with van der Waals surface area (Å²) < 4.78 is 20.0. The highest BCUT2D eigenvalue weighted by molar-refractivity contribution is 5.85. The van der Waals surface area contributed by atoms with Crippen molar-refractivity contribution in [3.05, 3.63) is 95.8 Å². The molecule has 0 spiro atoms. The second-order valence-electron chi connectivity index (χ2n) is 8.87. The number of hydrogen-bond donors (Lipinski definition) is 1. The Morgan fingerprint density at radius 2 is 1.73 bits per heavy atom. The van der Waals surface area contributed by atoms with E-state index in [4.69, 9.17) is 4.74 Å². The van der Waals surface area contributed by atoms with E-state index in [0.717, 1.165) is 42.7 Å². The van der Waals surface area contributed by atoms with Gasteiger partial charge >= 0.3 is 0 Å². The van der Waals surface area contributed by atoms with E-state index in [1.807, 2.05) is 42.5 Å². The highest BCUT2D eigenvalue weighted by atomic mass is 35.5. The van der Waals surface area contributed by atoms with Crippen molar-refractivity contribution in [2.45, 2.75) is 38.5 Å². The van der Waals surface area contributed by atoms with Gasteiger partial charge in [-0.25, -0.2) is 4.39 Å². The molecule has 0 radical (unpaired) electrons. The van der Waals surface area contributed by atoms with Crippen molar-refractivity contribution in [3.63, 3.8) is 0 Å². The Hall–Kier alpha value is -2.24. The number of morpholine rings is 1. The zero-order valence-corrected chi connectivity index (χ0v) is 19.9. The molecule has 1 aliphatic rings. The molecular weight excluding hydrogens is 437 g/mol. The molecule has 1 heterocycles. The number of ether oxygens (including phenoxy) is 1. The predicted octanol–water partition coefficient (Wildman–Crippen LogP) is 5.75. The van der Waals surface area contributed by atoms with E-state index in [-0.39, 0.29) is 30.2 Å². The molecule has 0 aromatic heterocycles. The summed E-state index contributed by atoms with van der Waals surface area (Å²) in [5.74, 6) is -0.227. The van der Waals surface area contributed by atoms with Crippen molar-refractivity contribution in [2.24, 2.45) is 5.92 Å². The Balaban J connectivity index is 0.00000306. The molecule has 3 atom stereocenters. The number of hydrogen-bond acceptors (Lipinski definition) is 3. The van der Waals surface area contributed by atoms with Gasteiger partial charge in [0.2, 0.25) is 0 Å². The second-order valence-corrected chi connectivity index (χ2v) is 8.87. The maximum absolute atomic E-state index is 14.0. The quantitative estimate of drug-likeness (QED) is 0.456. The minimum Gasteiger partial charge on any atom is -0.393 e. The van der Waals surface area contributed by atoms with Crippen molar-refractivity contribution in [2.75, 3.05) is 19.7 Å². The molecule has 0 amide bonds. The van der Waals surface area contributed by atoms with Gasteiger partial charge in [-0.2, -0.15) is 0 Å². The lowest BCUT2D eigenvalue weighted by Crippen LogP contribution is -2.43. The van der Waals surface area contributed by atoms with E-state index in [1.165, 1.54) is 11.6 Å². The molecule has 3 unspecified atom stereocenters. The molecule has 3 nitrogen and oxygen atoms in total. The molecule has 0 saturated carbocycles. The zero-order valence-electron chi connectivity index (χ0n) is 19.1. The minimum atomic E-state index is -0.563. The average Bonchev–Trinajstić information content (AvgIpc) is 2.80. The number of rotatable bonds is 8. The highest BCUT2D eigenvalue weighted by Gasteiger charge is 2.26. The summed E-state index contributed by atoms with van der Waals surface area (Å²) in [7, 11) is 0. The molecule has 33 heavy (non-hydrogen) atoms. The number of halogens is 2. The molecule has 1 saturated heterocycles. The summed E-state index contributed by atoms with van der Waals surface area (Å²) in [6.07, 6.45) is 0.733. The summed E-state index contributed by atoms with van der Waals surface area (Å²) in [6, 6.07) is 25.3. The largest absolute Gasteiger partial charge is 0.393 e. The van der Waals surface area contributed by atoms with E-state index < -0.39 is 6.10 Å². The van der Waals surface area contributed by atoms with Crippen LogP contribution in [0.4, 0.5) is 4.39 Å². The molecule has 176 valence electrons. The molecule has 3 aromatic rings. The first-order chi connectivity index (χ1) is 15.6. The van der Waals surface area contributed by atoms with Gasteiger partial charge in [0.15, 0.2) is 0 Å². The van der Waals surface area contributed by atoms with Gasteiger partial charge in [0, 0.05) is 19.6 Å². The van der Waals surface area contributed by atoms with Crippen molar-refractivity contribution in [3.8, 4) is 11.1 Å². The Labute approximate surface area is 202 Å². The van der Waals surface area contributed by atoms with Gasteiger partial charge in [-0.1, -0.05) is 73.7 Å². The van der Waals surface area contributed by atoms with Gasteiger partial charge in [0.25, 0.3) is 0 Å². The zero-order chi connectivity index (χ0) is 22.3. The number of aliphatic hydroxyl groups is 1. The van der Waals surface area contributed by atoms with Crippen molar-refractivity contribution in [1.29, 1.82) is 0 Å². The summed E-state index contributed by atoms with van der Waals surface area (Å²) in [5.41, 5.74) is 4.15. The van der Waals surface area contributed by atoms with Crippen LogP contribution in [0.1, 0.15) is 24.5 Å². The number of benzene rings is 3. The number of nitrogens with zero attached hydrogens (tertiary/aromatic N) is 1. The van der Waals surface area contributed by atoms with Crippen molar-refractivity contribution >= 4 is 12.4 Å². The van der Waals surface area contributed by atoms with Crippen LogP contribution in [0.3, 0.4) is 0 Å². The van der Waals surface area contributed by atoms with Gasteiger partial charge in [0.1, 0.15) is 5.82 Å². The van der Waals surface area contributed by atoms with Gasteiger partial charge in [-0.3, -0.25) is 4.90 Å². The van der Waals surface area contributed by atoms with Gasteiger partial charge in [0.05, 0.1) is 18.8 Å². The Morgan fingerprint density at radius 1 is 1.03 bits per heavy atom. The maximum atomic E-state index is 14.0. The van der Waals surface area contributed by atoms with Gasteiger partial charge in [-0.05, 0) is 53.1 Å². The highest BCUT2D eigenvalue weighted by Crippen LogP contribution is 2.28. The monoisotopic (exact) mass is 469 g/mol. The molecular formula is C28H33ClFNO2. The van der Waals surface area contributed by atoms with E-state index >= 15 is 0 Å². The Morgan fingerprint density at radius 3 is 2.45 bits per heavy atom. The van der Waals surface area contributed by atoms with Gasteiger partial charge in [-0.15, -0.1) is 12.4 Å². The van der Waals surface area contributed by atoms with Gasteiger partial charge < -0.3 is 9.84 Å². The van der Waals surface area contributed by atoms with Crippen LogP contribution in [0.5, 0.6) is 0 Å². The second kappa shape index (κ2) is 12.3. The SMILES string of the molecule is CC(CC1CN(Cc2ccccc2)CCO1)C(O)Cc1cc(F)ccc1-c1ccccc1.Cl. The Kier molecular flexibility index (Phi) is 9.45. The summed E-state index contributed by atoms with van der Waals surface area (Å²) in [5, 5.41) is 11.0. The lowest BCUT2D eigenvalue weighted by Gasteiger charge is -2.35. The third-order valence-corrected chi connectivity index (χ3v) is 6.34. The molecule has 3 aromatic carbocycles. The lowest BCUT2D eigenvalue weighted by molar-refractivity contribution is -0.0499. The van der Waals surface area contributed by atoms with Crippen LogP contribution in [-0.2, 0) is 17.7 Å². The topological polar surface area (TPSA) is 32.7 Å². The Bertz CT molecular complexity index is 986. The first-order valence-electron chi connectivity index (χ1n) is 11.5.